The molecular weight excluding hydrogens is 256 g/mol. The van der Waals surface area contributed by atoms with Crippen LogP contribution in [0.15, 0.2) is 0 Å². The van der Waals surface area contributed by atoms with Crippen LogP contribution in [0, 0.1) is 5.92 Å². The van der Waals surface area contributed by atoms with Crippen LogP contribution >= 0.6 is 0 Å². The van der Waals surface area contributed by atoms with Crippen LogP contribution in [-0.2, 0) is 9.53 Å². The van der Waals surface area contributed by atoms with Gasteiger partial charge in [-0.05, 0) is 44.4 Å². The lowest BCUT2D eigenvalue weighted by molar-refractivity contribution is -0.139. The Morgan fingerprint density at radius 3 is 2.45 bits per heavy atom. The summed E-state index contributed by atoms with van der Waals surface area (Å²) in [5, 5.41) is 12.7. The number of rotatable bonds is 8. The smallest absolute Gasteiger partial charge is 0.317 e. The number of aliphatic carboxylic acids is 1. The molecule has 0 aromatic carbocycles. The van der Waals surface area contributed by atoms with E-state index in [9.17, 15) is 4.79 Å². The molecule has 5 heteroatoms. The number of carboxylic acid groups (broad SMARTS) is 1. The lowest BCUT2D eigenvalue weighted by Crippen LogP contribution is -2.58. The van der Waals surface area contributed by atoms with E-state index in [1.807, 2.05) is 0 Å². The predicted octanol–water partition coefficient (Wildman–Crippen LogP) is 1.08. The van der Waals surface area contributed by atoms with Crippen molar-refractivity contribution in [3.63, 3.8) is 0 Å². The highest BCUT2D eigenvalue weighted by molar-refractivity contribution is 5.69. The fourth-order valence-corrected chi connectivity index (χ4v) is 3.40. The first-order valence-electron chi connectivity index (χ1n) is 7.88. The van der Waals surface area contributed by atoms with Gasteiger partial charge in [0.25, 0.3) is 0 Å². The van der Waals surface area contributed by atoms with Gasteiger partial charge in [0.2, 0.25) is 0 Å². The largest absolute Gasteiger partial charge is 0.480 e. The van der Waals surface area contributed by atoms with E-state index < -0.39 is 5.97 Å². The summed E-state index contributed by atoms with van der Waals surface area (Å²) in [4.78, 5) is 13.2. The Morgan fingerprint density at radius 1 is 1.25 bits per heavy atom. The zero-order valence-corrected chi connectivity index (χ0v) is 12.3. The number of ether oxygens (including phenoxy) is 1. The van der Waals surface area contributed by atoms with Gasteiger partial charge in [0.1, 0.15) is 0 Å². The summed E-state index contributed by atoms with van der Waals surface area (Å²) < 4.78 is 5.29. The Morgan fingerprint density at radius 2 is 1.90 bits per heavy atom. The number of carbonyl (C=O) groups is 1. The van der Waals surface area contributed by atoms with Gasteiger partial charge in [-0.25, -0.2) is 0 Å². The van der Waals surface area contributed by atoms with Crippen LogP contribution < -0.4 is 5.32 Å². The van der Waals surface area contributed by atoms with Crippen LogP contribution in [0.4, 0.5) is 0 Å². The van der Waals surface area contributed by atoms with Crippen LogP contribution in [0.1, 0.15) is 38.5 Å². The van der Waals surface area contributed by atoms with Gasteiger partial charge in [-0.1, -0.05) is 0 Å². The molecular formula is C15H26N2O3. The molecule has 3 rings (SSSR count). The Kier molecular flexibility index (Phi) is 4.29. The van der Waals surface area contributed by atoms with Crippen molar-refractivity contribution >= 4 is 5.97 Å². The molecule has 0 atom stereocenters. The van der Waals surface area contributed by atoms with E-state index >= 15 is 0 Å². The maximum Gasteiger partial charge on any atom is 0.317 e. The van der Waals surface area contributed by atoms with Crippen molar-refractivity contribution in [3.05, 3.63) is 0 Å². The van der Waals surface area contributed by atoms with Gasteiger partial charge in [-0.3, -0.25) is 9.69 Å². The fourth-order valence-electron chi connectivity index (χ4n) is 3.40. The molecule has 0 radical (unpaired) electrons. The lowest BCUT2D eigenvalue weighted by atomic mass is 9.81. The van der Waals surface area contributed by atoms with E-state index in [2.05, 4.69) is 10.2 Å². The maximum absolute atomic E-state index is 11.0. The molecule has 3 saturated carbocycles. The average Bonchev–Trinajstić information content (AvgIpc) is 3.07. The number of methoxy groups -OCH3 is 1. The van der Waals surface area contributed by atoms with Crippen molar-refractivity contribution in [3.8, 4) is 0 Å². The van der Waals surface area contributed by atoms with E-state index in [0.29, 0.717) is 24.2 Å². The predicted molar refractivity (Wildman–Crippen MR) is 75.7 cm³/mol. The number of hydrogen-bond acceptors (Lipinski definition) is 4. The third-order valence-corrected chi connectivity index (χ3v) is 5.06. The molecule has 5 nitrogen and oxygen atoms in total. The van der Waals surface area contributed by atoms with Gasteiger partial charge in [0, 0.05) is 31.8 Å². The molecule has 0 saturated heterocycles. The second kappa shape index (κ2) is 6.00. The van der Waals surface area contributed by atoms with Crippen molar-refractivity contribution in [1.82, 2.24) is 10.2 Å². The van der Waals surface area contributed by atoms with Crippen LogP contribution in [0.5, 0.6) is 0 Å². The molecule has 20 heavy (non-hydrogen) atoms. The van der Waals surface area contributed by atoms with Gasteiger partial charge < -0.3 is 15.2 Å². The van der Waals surface area contributed by atoms with Crippen molar-refractivity contribution in [2.75, 3.05) is 20.2 Å². The molecule has 3 aliphatic carbocycles. The molecule has 3 fully saturated rings. The van der Waals surface area contributed by atoms with E-state index in [1.54, 1.807) is 7.11 Å². The van der Waals surface area contributed by atoms with Gasteiger partial charge in [0.05, 0.1) is 12.6 Å². The minimum Gasteiger partial charge on any atom is -0.480 e. The highest BCUT2D eigenvalue weighted by atomic mass is 16.5. The molecule has 0 aromatic rings. The monoisotopic (exact) mass is 282 g/mol. The van der Waals surface area contributed by atoms with E-state index in [1.165, 1.54) is 12.8 Å². The number of nitrogens with zero attached hydrogens (tertiary/aromatic N) is 1. The molecule has 3 aliphatic rings. The SMILES string of the molecule is COC1CC(NC2CC(N(CC(=O)O)CC3CC3)C2)C1. The molecule has 0 spiro atoms. The standard InChI is InChI=1S/C15H26N2O3/c1-20-14-6-12(7-14)16-11-4-13(5-11)17(9-15(18)19)8-10-2-3-10/h10-14,16H,2-9H2,1H3,(H,18,19). The Bertz CT molecular complexity index is 347. The summed E-state index contributed by atoms with van der Waals surface area (Å²) in [6.07, 6.45) is 7.47. The van der Waals surface area contributed by atoms with E-state index in [-0.39, 0.29) is 6.54 Å². The van der Waals surface area contributed by atoms with E-state index in [0.717, 1.165) is 38.1 Å². The molecule has 0 heterocycles. The highest BCUT2D eigenvalue weighted by Crippen LogP contribution is 2.34. The zero-order valence-electron chi connectivity index (χ0n) is 12.3. The van der Waals surface area contributed by atoms with Gasteiger partial charge in [-0.2, -0.15) is 0 Å². The molecule has 2 N–H and O–H groups in total. The summed E-state index contributed by atoms with van der Waals surface area (Å²) in [5.74, 6) is 0.0689. The molecule has 0 amide bonds. The second-order valence-electron chi connectivity index (χ2n) is 6.78. The zero-order chi connectivity index (χ0) is 14.1. The van der Waals surface area contributed by atoms with Crippen LogP contribution in [0.3, 0.4) is 0 Å². The van der Waals surface area contributed by atoms with Crippen LogP contribution in [0.2, 0.25) is 0 Å². The first kappa shape index (κ1) is 14.3. The third kappa shape index (κ3) is 3.51. The Balaban J connectivity index is 1.37. The number of hydrogen-bond donors (Lipinski definition) is 2. The van der Waals surface area contributed by atoms with Crippen molar-refractivity contribution in [2.24, 2.45) is 5.92 Å². The first-order chi connectivity index (χ1) is 9.64. The second-order valence-corrected chi connectivity index (χ2v) is 6.78. The molecule has 0 bridgehead atoms. The maximum atomic E-state index is 11.0. The van der Waals surface area contributed by atoms with Crippen molar-refractivity contribution in [1.29, 1.82) is 0 Å². The Labute approximate surface area is 120 Å². The molecule has 114 valence electrons. The van der Waals surface area contributed by atoms with E-state index in [4.69, 9.17) is 9.84 Å². The fraction of sp³-hybridized carbons (Fsp3) is 0.933. The quantitative estimate of drug-likeness (QED) is 0.697. The lowest BCUT2D eigenvalue weighted by Gasteiger charge is -2.46. The molecule has 0 aliphatic heterocycles. The summed E-state index contributed by atoms with van der Waals surface area (Å²) in [6, 6.07) is 1.67. The number of carboxylic acids is 1. The molecule has 0 unspecified atom stereocenters. The summed E-state index contributed by atoms with van der Waals surface area (Å²) in [5.41, 5.74) is 0. The Hall–Kier alpha value is -0.650. The van der Waals surface area contributed by atoms with Crippen LogP contribution in [-0.4, -0.2) is 60.4 Å². The van der Waals surface area contributed by atoms with Crippen LogP contribution in [0.25, 0.3) is 0 Å². The first-order valence-corrected chi connectivity index (χ1v) is 7.88. The highest BCUT2D eigenvalue weighted by Gasteiger charge is 2.39. The summed E-state index contributed by atoms with van der Waals surface area (Å²) in [7, 11) is 1.78. The molecule has 0 aromatic heterocycles. The minimum absolute atomic E-state index is 0.211. The van der Waals surface area contributed by atoms with Crippen molar-refractivity contribution < 1.29 is 14.6 Å². The average molecular weight is 282 g/mol. The number of nitrogens with one attached hydrogen (secondary N) is 1. The minimum atomic E-state index is -0.691. The van der Waals surface area contributed by atoms with Gasteiger partial charge >= 0.3 is 5.97 Å². The topological polar surface area (TPSA) is 61.8 Å². The van der Waals surface area contributed by atoms with Gasteiger partial charge in [-0.15, -0.1) is 0 Å². The summed E-state index contributed by atoms with van der Waals surface area (Å²) in [6.45, 7) is 1.20. The normalized spacial score (nSPS) is 36.5. The van der Waals surface area contributed by atoms with Gasteiger partial charge in [0.15, 0.2) is 0 Å². The van der Waals surface area contributed by atoms with Crippen molar-refractivity contribution in [2.45, 2.75) is 62.8 Å². The third-order valence-electron chi connectivity index (χ3n) is 5.06. The summed E-state index contributed by atoms with van der Waals surface area (Å²) >= 11 is 0.